The third kappa shape index (κ3) is 2.96. The minimum Gasteiger partial charge on any atom is -0.497 e. The lowest BCUT2D eigenvalue weighted by atomic mass is 9.93. The van der Waals surface area contributed by atoms with Gasteiger partial charge in [0.2, 0.25) is 0 Å². The molecule has 2 nitrogen and oxygen atoms in total. The van der Waals surface area contributed by atoms with Gasteiger partial charge in [-0.05, 0) is 40.5 Å². The monoisotopic (exact) mass is 289 g/mol. The lowest BCUT2D eigenvalue weighted by Gasteiger charge is -2.13. The second-order valence-electron chi connectivity index (χ2n) is 5.26. The quantitative estimate of drug-likeness (QED) is 0.716. The van der Waals surface area contributed by atoms with Gasteiger partial charge in [-0.1, -0.05) is 54.6 Å². The van der Waals surface area contributed by atoms with E-state index in [-0.39, 0.29) is 0 Å². The van der Waals surface area contributed by atoms with Crippen molar-refractivity contribution in [2.24, 2.45) is 0 Å². The van der Waals surface area contributed by atoms with Crippen molar-refractivity contribution in [3.8, 4) is 16.9 Å². The van der Waals surface area contributed by atoms with Gasteiger partial charge in [0.25, 0.3) is 0 Å². The van der Waals surface area contributed by atoms with Crippen molar-refractivity contribution in [2.45, 2.75) is 6.42 Å². The van der Waals surface area contributed by atoms with Gasteiger partial charge < -0.3 is 10.5 Å². The third-order valence-electron chi connectivity index (χ3n) is 3.84. The molecule has 0 spiro atoms. The third-order valence-corrected chi connectivity index (χ3v) is 3.84. The maximum atomic E-state index is 6.24. The molecule has 0 aliphatic carbocycles. The number of benzene rings is 3. The van der Waals surface area contributed by atoms with E-state index in [9.17, 15) is 0 Å². The van der Waals surface area contributed by atoms with E-state index in [1.807, 2.05) is 30.3 Å². The molecule has 0 aliphatic rings. The summed E-state index contributed by atoms with van der Waals surface area (Å²) < 4.78 is 5.23. The molecule has 0 amide bonds. The minimum absolute atomic E-state index is 0.828. The molecule has 2 N–H and O–H groups in total. The molecule has 3 aromatic carbocycles. The molecule has 110 valence electrons. The molecule has 0 fully saturated rings. The molecular formula is C20H19NO. The zero-order chi connectivity index (χ0) is 15.4. The van der Waals surface area contributed by atoms with E-state index >= 15 is 0 Å². The Morgan fingerprint density at radius 1 is 0.818 bits per heavy atom. The summed E-state index contributed by atoms with van der Waals surface area (Å²) in [5.41, 5.74) is 11.8. The van der Waals surface area contributed by atoms with Crippen LogP contribution in [0, 0.1) is 0 Å². The Morgan fingerprint density at radius 3 is 2.23 bits per heavy atom. The number of anilines is 1. The molecule has 22 heavy (non-hydrogen) atoms. The molecule has 3 rings (SSSR count). The Labute approximate surface area is 131 Å². The van der Waals surface area contributed by atoms with Crippen LogP contribution in [0.2, 0.25) is 0 Å². The Hall–Kier alpha value is -2.74. The first kappa shape index (κ1) is 14.2. The molecule has 3 aromatic rings. The van der Waals surface area contributed by atoms with Gasteiger partial charge in [-0.3, -0.25) is 0 Å². The minimum atomic E-state index is 0.828. The predicted octanol–water partition coefficient (Wildman–Crippen LogP) is 4.54. The Kier molecular flexibility index (Phi) is 4.10. The number of nitrogens with two attached hydrogens (primary N) is 1. The van der Waals surface area contributed by atoms with E-state index in [1.165, 1.54) is 16.7 Å². The van der Waals surface area contributed by atoms with Crippen molar-refractivity contribution in [3.05, 3.63) is 83.9 Å². The van der Waals surface area contributed by atoms with Gasteiger partial charge in [-0.25, -0.2) is 0 Å². The van der Waals surface area contributed by atoms with Crippen LogP contribution < -0.4 is 10.5 Å². The smallest absolute Gasteiger partial charge is 0.118 e. The van der Waals surface area contributed by atoms with Crippen LogP contribution in [0.25, 0.3) is 11.1 Å². The molecule has 0 aromatic heterocycles. The molecule has 0 radical (unpaired) electrons. The average molecular weight is 289 g/mol. The van der Waals surface area contributed by atoms with Gasteiger partial charge in [0.15, 0.2) is 0 Å². The van der Waals surface area contributed by atoms with Gasteiger partial charge in [-0.15, -0.1) is 0 Å². The Bertz CT molecular complexity index is 748. The molecule has 0 bridgehead atoms. The number of hydrogen-bond donors (Lipinski definition) is 1. The summed E-state index contributed by atoms with van der Waals surface area (Å²) in [7, 11) is 1.68. The molecular weight excluding hydrogens is 270 g/mol. The maximum Gasteiger partial charge on any atom is 0.118 e. The van der Waals surface area contributed by atoms with Gasteiger partial charge >= 0.3 is 0 Å². The number of ether oxygens (including phenoxy) is 1. The fraction of sp³-hybridized carbons (Fsp3) is 0.100. The lowest BCUT2D eigenvalue weighted by Crippen LogP contribution is -1.99. The van der Waals surface area contributed by atoms with Crippen LogP contribution in [0.3, 0.4) is 0 Å². The zero-order valence-electron chi connectivity index (χ0n) is 12.6. The summed E-state index contributed by atoms with van der Waals surface area (Å²) in [5.74, 6) is 0.859. The summed E-state index contributed by atoms with van der Waals surface area (Å²) >= 11 is 0. The van der Waals surface area contributed by atoms with E-state index in [0.717, 1.165) is 23.4 Å². The summed E-state index contributed by atoms with van der Waals surface area (Å²) in [6, 6.07) is 24.6. The molecule has 0 atom stereocenters. The summed E-state index contributed by atoms with van der Waals surface area (Å²) in [4.78, 5) is 0. The van der Waals surface area contributed by atoms with Crippen LogP contribution in [-0.4, -0.2) is 7.11 Å². The molecule has 0 aliphatic heterocycles. The highest BCUT2D eigenvalue weighted by atomic mass is 16.5. The van der Waals surface area contributed by atoms with Crippen molar-refractivity contribution in [2.75, 3.05) is 12.8 Å². The molecule has 0 saturated carbocycles. The molecule has 0 unspecified atom stereocenters. The zero-order valence-corrected chi connectivity index (χ0v) is 12.6. The topological polar surface area (TPSA) is 35.2 Å². The van der Waals surface area contributed by atoms with E-state index in [2.05, 4.69) is 42.5 Å². The van der Waals surface area contributed by atoms with Crippen LogP contribution >= 0.6 is 0 Å². The first-order valence-electron chi connectivity index (χ1n) is 7.33. The predicted molar refractivity (Wildman–Crippen MR) is 92.1 cm³/mol. The maximum absolute atomic E-state index is 6.24. The van der Waals surface area contributed by atoms with E-state index < -0.39 is 0 Å². The first-order chi connectivity index (χ1) is 10.8. The van der Waals surface area contributed by atoms with Gasteiger partial charge in [0.05, 0.1) is 7.11 Å². The van der Waals surface area contributed by atoms with Crippen molar-refractivity contribution in [1.82, 2.24) is 0 Å². The highest BCUT2D eigenvalue weighted by Gasteiger charge is 2.09. The average Bonchev–Trinajstić information content (AvgIpc) is 2.58. The van der Waals surface area contributed by atoms with Crippen LogP contribution in [0.4, 0.5) is 5.69 Å². The van der Waals surface area contributed by atoms with Crippen LogP contribution in [0.5, 0.6) is 5.75 Å². The van der Waals surface area contributed by atoms with Crippen molar-refractivity contribution < 1.29 is 4.74 Å². The number of nitrogen functional groups attached to an aromatic ring is 1. The van der Waals surface area contributed by atoms with Crippen molar-refractivity contribution in [1.29, 1.82) is 0 Å². The van der Waals surface area contributed by atoms with E-state index in [4.69, 9.17) is 10.5 Å². The second-order valence-corrected chi connectivity index (χ2v) is 5.26. The number of rotatable bonds is 4. The van der Waals surface area contributed by atoms with E-state index in [1.54, 1.807) is 7.11 Å². The van der Waals surface area contributed by atoms with Crippen LogP contribution in [0.15, 0.2) is 72.8 Å². The highest BCUT2D eigenvalue weighted by Crippen LogP contribution is 2.30. The van der Waals surface area contributed by atoms with Gasteiger partial charge in [-0.2, -0.15) is 0 Å². The van der Waals surface area contributed by atoms with Gasteiger partial charge in [0, 0.05) is 12.1 Å². The standard InChI is InChI=1S/C20H19NO/c1-22-17-12-10-16(11-13-17)18-8-5-9-20(21)19(18)14-15-6-3-2-4-7-15/h2-13H,14,21H2,1H3. The molecule has 0 saturated heterocycles. The van der Waals surface area contributed by atoms with Crippen LogP contribution in [-0.2, 0) is 6.42 Å². The fourth-order valence-corrected chi connectivity index (χ4v) is 2.64. The summed E-state index contributed by atoms with van der Waals surface area (Å²) in [5, 5.41) is 0. The van der Waals surface area contributed by atoms with E-state index in [0.29, 0.717) is 0 Å². The molecule has 0 heterocycles. The van der Waals surface area contributed by atoms with Crippen molar-refractivity contribution >= 4 is 5.69 Å². The second kappa shape index (κ2) is 6.35. The van der Waals surface area contributed by atoms with Crippen LogP contribution in [0.1, 0.15) is 11.1 Å². The number of hydrogen-bond acceptors (Lipinski definition) is 2. The van der Waals surface area contributed by atoms with Gasteiger partial charge in [0.1, 0.15) is 5.75 Å². The molecule has 2 heteroatoms. The SMILES string of the molecule is COc1ccc(-c2cccc(N)c2Cc2ccccc2)cc1. The summed E-state index contributed by atoms with van der Waals surface area (Å²) in [6.45, 7) is 0. The fourth-order valence-electron chi connectivity index (χ4n) is 2.64. The Balaban J connectivity index is 2.02. The normalized spacial score (nSPS) is 10.4. The highest BCUT2D eigenvalue weighted by molar-refractivity contribution is 5.74. The summed E-state index contributed by atoms with van der Waals surface area (Å²) in [6.07, 6.45) is 0.828. The largest absolute Gasteiger partial charge is 0.497 e. The Morgan fingerprint density at radius 2 is 1.55 bits per heavy atom. The van der Waals surface area contributed by atoms with Crippen molar-refractivity contribution in [3.63, 3.8) is 0 Å². The first-order valence-corrected chi connectivity index (χ1v) is 7.33. The number of methoxy groups -OCH3 is 1. The lowest BCUT2D eigenvalue weighted by molar-refractivity contribution is 0.415.